The van der Waals surface area contributed by atoms with Crippen LogP contribution in [0.3, 0.4) is 0 Å². The summed E-state index contributed by atoms with van der Waals surface area (Å²) < 4.78 is 5.61. The van der Waals surface area contributed by atoms with Gasteiger partial charge in [-0.25, -0.2) is 0 Å². The standard InChI is InChI=1S/C18H22N2O2/c1-2-20(15-9-4-3-5-10-15)18(21)13-8-14-22-17-12-7-6-11-16(17)19/h3-7,9-12H,2,8,13-14,19H2,1H3. The number of amides is 1. The molecular formula is C18H22N2O2. The molecule has 0 saturated carbocycles. The van der Waals surface area contributed by atoms with E-state index in [0.717, 1.165) is 5.69 Å². The van der Waals surface area contributed by atoms with E-state index in [1.54, 1.807) is 11.0 Å². The van der Waals surface area contributed by atoms with Gasteiger partial charge in [-0.05, 0) is 37.6 Å². The highest BCUT2D eigenvalue weighted by Gasteiger charge is 2.13. The van der Waals surface area contributed by atoms with E-state index in [2.05, 4.69) is 0 Å². The Kier molecular flexibility index (Phi) is 5.83. The molecule has 22 heavy (non-hydrogen) atoms. The number of nitrogens with zero attached hydrogens (tertiary/aromatic N) is 1. The number of anilines is 2. The molecule has 0 spiro atoms. The zero-order valence-electron chi connectivity index (χ0n) is 12.9. The first-order valence-electron chi connectivity index (χ1n) is 7.55. The first-order valence-corrected chi connectivity index (χ1v) is 7.55. The minimum atomic E-state index is 0.110. The van der Waals surface area contributed by atoms with Gasteiger partial charge in [-0.2, -0.15) is 0 Å². The minimum Gasteiger partial charge on any atom is -0.491 e. The van der Waals surface area contributed by atoms with Crippen LogP contribution in [0.2, 0.25) is 0 Å². The van der Waals surface area contributed by atoms with Gasteiger partial charge >= 0.3 is 0 Å². The summed E-state index contributed by atoms with van der Waals surface area (Å²) in [5, 5.41) is 0. The van der Waals surface area contributed by atoms with Crippen molar-refractivity contribution in [3.8, 4) is 5.75 Å². The topological polar surface area (TPSA) is 55.6 Å². The lowest BCUT2D eigenvalue weighted by Gasteiger charge is -2.21. The Morgan fingerprint density at radius 2 is 1.77 bits per heavy atom. The van der Waals surface area contributed by atoms with Crippen LogP contribution in [0.25, 0.3) is 0 Å². The Hall–Kier alpha value is -2.49. The van der Waals surface area contributed by atoms with Gasteiger partial charge in [-0.15, -0.1) is 0 Å². The van der Waals surface area contributed by atoms with Crippen molar-refractivity contribution >= 4 is 17.3 Å². The third-order valence-electron chi connectivity index (χ3n) is 3.40. The number of nitrogen functional groups attached to an aromatic ring is 1. The predicted molar refractivity (Wildman–Crippen MR) is 90.1 cm³/mol. The van der Waals surface area contributed by atoms with E-state index in [0.29, 0.717) is 37.4 Å². The molecule has 2 N–H and O–H groups in total. The smallest absolute Gasteiger partial charge is 0.227 e. The van der Waals surface area contributed by atoms with E-state index in [-0.39, 0.29) is 5.91 Å². The number of hydrogen-bond acceptors (Lipinski definition) is 3. The molecule has 4 heteroatoms. The van der Waals surface area contributed by atoms with Crippen LogP contribution < -0.4 is 15.4 Å². The second-order valence-electron chi connectivity index (χ2n) is 4.96. The molecule has 0 radical (unpaired) electrons. The molecule has 0 unspecified atom stereocenters. The van der Waals surface area contributed by atoms with Gasteiger partial charge in [-0.1, -0.05) is 30.3 Å². The number of para-hydroxylation sites is 3. The summed E-state index contributed by atoms with van der Waals surface area (Å²) in [4.78, 5) is 14.1. The predicted octanol–water partition coefficient (Wildman–Crippen LogP) is 3.48. The second-order valence-corrected chi connectivity index (χ2v) is 4.96. The molecule has 2 aromatic carbocycles. The Morgan fingerprint density at radius 3 is 2.45 bits per heavy atom. The summed E-state index contributed by atoms with van der Waals surface area (Å²) in [7, 11) is 0. The Morgan fingerprint density at radius 1 is 1.09 bits per heavy atom. The lowest BCUT2D eigenvalue weighted by atomic mass is 10.2. The number of benzene rings is 2. The zero-order chi connectivity index (χ0) is 15.8. The summed E-state index contributed by atoms with van der Waals surface area (Å²) in [6, 6.07) is 17.1. The number of ether oxygens (including phenoxy) is 1. The van der Waals surface area contributed by atoms with Gasteiger partial charge in [-0.3, -0.25) is 4.79 Å². The number of carbonyl (C=O) groups is 1. The van der Waals surface area contributed by atoms with Crippen LogP contribution in [-0.4, -0.2) is 19.1 Å². The summed E-state index contributed by atoms with van der Waals surface area (Å²) in [5.74, 6) is 0.781. The van der Waals surface area contributed by atoms with Crippen molar-refractivity contribution < 1.29 is 9.53 Å². The number of rotatable bonds is 7. The van der Waals surface area contributed by atoms with Crippen LogP contribution in [-0.2, 0) is 4.79 Å². The maximum atomic E-state index is 12.3. The third-order valence-corrected chi connectivity index (χ3v) is 3.40. The molecule has 0 heterocycles. The summed E-state index contributed by atoms with van der Waals surface area (Å²) in [5.41, 5.74) is 7.36. The van der Waals surface area contributed by atoms with Crippen molar-refractivity contribution in [2.75, 3.05) is 23.8 Å². The fraction of sp³-hybridized carbons (Fsp3) is 0.278. The Labute approximate surface area is 131 Å². The highest BCUT2D eigenvalue weighted by atomic mass is 16.5. The van der Waals surface area contributed by atoms with E-state index >= 15 is 0 Å². The van der Waals surface area contributed by atoms with E-state index in [1.165, 1.54) is 0 Å². The van der Waals surface area contributed by atoms with E-state index in [4.69, 9.17) is 10.5 Å². The molecule has 0 bridgehead atoms. The zero-order valence-corrected chi connectivity index (χ0v) is 12.9. The van der Waals surface area contributed by atoms with Crippen molar-refractivity contribution in [1.29, 1.82) is 0 Å². The van der Waals surface area contributed by atoms with Crippen molar-refractivity contribution in [2.45, 2.75) is 19.8 Å². The molecule has 2 rings (SSSR count). The van der Waals surface area contributed by atoms with Crippen LogP contribution in [0.4, 0.5) is 11.4 Å². The number of hydrogen-bond donors (Lipinski definition) is 1. The van der Waals surface area contributed by atoms with Gasteiger partial charge in [0.2, 0.25) is 5.91 Å². The monoisotopic (exact) mass is 298 g/mol. The van der Waals surface area contributed by atoms with Crippen molar-refractivity contribution in [1.82, 2.24) is 0 Å². The summed E-state index contributed by atoms with van der Waals surface area (Å²) in [6.45, 7) is 3.12. The maximum absolute atomic E-state index is 12.3. The van der Waals surface area contributed by atoms with Gasteiger partial charge in [0.1, 0.15) is 5.75 Å². The minimum absolute atomic E-state index is 0.110. The highest BCUT2D eigenvalue weighted by Crippen LogP contribution is 2.20. The molecule has 116 valence electrons. The van der Waals surface area contributed by atoms with Crippen LogP contribution in [0.5, 0.6) is 5.75 Å². The molecule has 0 aliphatic rings. The largest absolute Gasteiger partial charge is 0.491 e. The average Bonchev–Trinajstić information content (AvgIpc) is 2.55. The third kappa shape index (κ3) is 4.25. The molecule has 2 aromatic rings. The first kappa shape index (κ1) is 15.9. The fourth-order valence-corrected chi connectivity index (χ4v) is 2.26. The molecule has 1 amide bonds. The van der Waals surface area contributed by atoms with E-state index in [1.807, 2.05) is 55.5 Å². The van der Waals surface area contributed by atoms with E-state index in [9.17, 15) is 4.79 Å². The summed E-state index contributed by atoms with van der Waals surface area (Å²) >= 11 is 0. The van der Waals surface area contributed by atoms with Crippen molar-refractivity contribution in [2.24, 2.45) is 0 Å². The lowest BCUT2D eigenvalue weighted by Crippen LogP contribution is -2.30. The second kappa shape index (κ2) is 8.08. The molecular weight excluding hydrogens is 276 g/mol. The number of nitrogens with two attached hydrogens (primary N) is 1. The molecule has 0 fully saturated rings. The number of carbonyl (C=O) groups excluding carboxylic acids is 1. The molecule has 0 saturated heterocycles. The van der Waals surface area contributed by atoms with E-state index < -0.39 is 0 Å². The Balaban J connectivity index is 1.81. The van der Waals surface area contributed by atoms with Gasteiger partial charge in [0.15, 0.2) is 0 Å². The average molecular weight is 298 g/mol. The lowest BCUT2D eigenvalue weighted by molar-refractivity contribution is -0.118. The highest BCUT2D eigenvalue weighted by molar-refractivity contribution is 5.93. The van der Waals surface area contributed by atoms with Gasteiger partial charge in [0.25, 0.3) is 0 Å². The molecule has 0 aliphatic carbocycles. The molecule has 0 aromatic heterocycles. The molecule has 0 aliphatic heterocycles. The quantitative estimate of drug-likeness (QED) is 0.629. The normalized spacial score (nSPS) is 10.2. The van der Waals surface area contributed by atoms with Gasteiger partial charge < -0.3 is 15.4 Å². The Bertz CT molecular complexity index is 599. The van der Waals surface area contributed by atoms with Gasteiger partial charge in [0.05, 0.1) is 12.3 Å². The molecule has 0 atom stereocenters. The first-order chi connectivity index (χ1) is 10.7. The van der Waals surface area contributed by atoms with Crippen LogP contribution in [0.1, 0.15) is 19.8 Å². The SMILES string of the molecule is CCN(C(=O)CCCOc1ccccc1N)c1ccccc1. The fourth-order valence-electron chi connectivity index (χ4n) is 2.26. The summed E-state index contributed by atoms with van der Waals surface area (Å²) in [6.07, 6.45) is 1.12. The van der Waals surface area contributed by atoms with Crippen LogP contribution in [0, 0.1) is 0 Å². The molecule has 4 nitrogen and oxygen atoms in total. The van der Waals surface area contributed by atoms with Crippen LogP contribution >= 0.6 is 0 Å². The maximum Gasteiger partial charge on any atom is 0.227 e. The van der Waals surface area contributed by atoms with Gasteiger partial charge in [0, 0.05) is 18.7 Å². The van der Waals surface area contributed by atoms with Crippen molar-refractivity contribution in [3.05, 3.63) is 54.6 Å². The van der Waals surface area contributed by atoms with Crippen LogP contribution in [0.15, 0.2) is 54.6 Å². The van der Waals surface area contributed by atoms with Crippen molar-refractivity contribution in [3.63, 3.8) is 0 Å².